The van der Waals surface area contributed by atoms with Gasteiger partial charge in [-0.3, -0.25) is 9.52 Å². The van der Waals surface area contributed by atoms with Gasteiger partial charge in [0.15, 0.2) is 0 Å². The van der Waals surface area contributed by atoms with Crippen LogP contribution < -0.4 is 4.72 Å². The molecule has 156 valence electrons. The molecule has 2 aromatic carbocycles. The lowest BCUT2D eigenvalue weighted by atomic mass is 10.1. The number of benzene rings is 2. The molecule has 1 N–H and O–H groups in total. The second-order valence-corrected chi connectivity index (χ2v) is 9.28. The Hall–Kier alpha value is -2.09. The van der Waals surface area contributed by atoms with Crippen molar-refractivity contribution in [2.75, 3.05) is 31.0 Å². The molecule has 0 bridgehead atoms. The Morgan fingerprint density at radius 2 is 2.07 bits per heavy atom. The van der Waals surface area contributed by atoms with Crippen molar-refractivity contribution in [3.63, 3.8) is 0 Å². The maximum Gasteiger partial charge on any atom is 0.261 e. The van der Waals surface area contributed by atoms with E-state index in [1.807, 2.05) is 19.9 Å². The first-order chi connectivity index (χ1) is 13.8. The quantitative estimate of drug-likeness (QED) is 0.713. The van der Waals surface area contributed by atoms with Gasteiger partial charge in [-0.05, 0) is 56.2 Å². The lowest BCUT2D eigenvalue weighted by Crippen LogP contribution is -2.35. The Labute approximate surface area is 176 Å². The number of aryl methyl sites for hydroxylation is 1. The normalized spacial score (nSPS) is 16.6. The number of ether oxygens (including phenoxy) is 1. The van der Waals surface area contributed by atoms with E-state index in [9.17, 15) is 13.2 Å². The van der Waals surface area contributed by atoms with Crippen molar-refractivity contribution in [1.29, 1.82) is 0 Å². The summed E-state index contributed by atoms with van der Waals surface area (Å²) in [6, 6.07) is 11.3. The molecule has 2 aromatic rings. The van der Waals surface area contributed by atoms with Crippen LogP contribution in [0.15, 0.2) is 47.4 Å². The van der Waals surface area contributed by atoms with Crippen LogP contribution in [0.4, 0.5) is 5.69 Å². The molecule has 1 fully saturated rings. The maximum absolute atomic E-state index is 13.1. The number of carbonyl (C=O) groups is 1. The monoisotopic (exact) mass is 436 g/mol. The molecule has 1 aliphatic heterocycles. The molecule has 6 nitrogen and oxygen atoms in total. The number of nitrogens with one attached hydrogen (secondary N) is 1. The van der Waals surface area contributed by atoms with Crippen LogP contribution in [-0.4, -0.2) is 45.5 Å². The first kappa shape index (κ1) is 21.6. The molecule has 8 heteroatoms. The van der Waals surface area contributed by atoms with Gasteiger partial charge in [0.05, 0.1) is 22.1 Å². The molecule has 0 aliphatic carbocycles. The van der Waals surface area contributed by atoms with Crippen LogP contribution in [0.2, 0.25) is 5.02 Å². The van der Waals surface area contributed by atoms with E-state index >= 15 is 0 Å². The zero-order chi connectivity index (χ0) is 21.0. The summed E-state index contributed by atoms with van der Waals surface area (Å²) in [6.45, 7) is 6.17. The van der Waals surface area contributed by atoms with Gasteiger partial charge in [0.1, 0.15) is 0 Å². The Bertz CT molecular complexity index is 988. The molecule has 0 aromatic heterocycles. The number of amides is 1. The van der Waals surface area contributed by atoms with Gasteiger partial charge in [-0.2, -0.15) is 0 Å². The van der Waals surface area contributed by atoms with E-state index in [0.29, 0.717) is 32.0 Å². The third-order valence-corrected chi connectivity index (χ3v) is 6.63. The van der Waals surface area contributed by atoms with E-state index in [1.165, 1.54) is 18.2 Å². The maximum atomic E-state index is 13.1. The van der Waals surface area contributed by atoms with Gasteiger partial charge in [-0.1, -0.05) is 23.7 Å². The third kappa shape index (κ3) is 5.29. The summed E-state index contributed by atoms with van der Waals surface area (Å²) in [5.74, 6) is 0.00424. The fraction of sp³-hybridized carbons (Fsp3) is 0.381. The van der Waals surface area contributed by atoms with Crippen molar-refractivity contribution in [3.8, 4) is 0 Å². The molecule has 0 saturated carbocycles. The highest BCUT2D eigenvalue weighted by molar-refractivity contribution is 7.92. The van der Waals surface area contributed by atoms with Crippen LogP contribution in [0.3, 0.4) is 0 Å². The van der Waals surface area contributed by atoms with Gasteiger partial charge in [-0.25, -0.2) is 8.42 Å². The number of carbonyl (C=O) groups excluding carboxylic acids is 1. The average Bonchev–Trinajstić information content (AvgIpc) is 3.18. The minimum Gasteiger partial charge on any atom is -0.381 e. The topological polar surface area (TPSA) is 75.7 Å². The summed E-state index contributed by atoms with van der Waals surface area (Å²) in [6.07, 6.45) is 0.909. The zero-order valence-electron chi connectivity index (χ0n) is 16.5. The predicted molar refractivity (Wildman–Crippen MR) is 114 cm³/mol. The molecule has 1 heterocycles. The summed E-state index contributed by atoms with van der Waals surface area (Å²) in [5.41, 5.74) is 1.58. The minimum absolute atomic E-state index is 0.00740. The number of halogens is 1. The van der Waals surface area contributed by atoms with Crippen LogP contribution in [0.5, 0.6) is 0 Å². The second-order valence-electron chi connectivity index (χ2n) is 7.19. The summed E-state index contributed by atoms with van der Waals surface area (Å²) in [7, 11) is -3.86. The van der Waals surface area contributed by atoms with E-state index in [4.69, 9.17) is 16.3 Å². The molecule has 29 heavy (non-hydrogen) atoms. The van der Waals surface area contributed by atoms with Crippen LogP contribution in [0, 0.1) is 12.8 Å². The molecule has 1 aliphatic rings. The van der Waals surface area contributed by atoms with Crippen molar-refractivity contribution in [3.05, 3.63) is 58.6 Å². The van der Waals surface area contributed by atoms with Crippen molar-refractivity contribution in [2.24, 2.45) is 5.92 Å². The van der Waals surface area contributed by atoms with Gasteiger partial charge in [0.25, 0.3) is 15.9 Å². The summed E-state index contributed by atoms with van der Waals surface area (Å²) < 4.78 is 33.6. The largest absolute Gasteiger partial charge is 0.381 e. The van der Waals surface area contributed by atoms with Crippen molar-refractivity contribution < 1.29 is 17.9 Å². The number of hydrogen-bond donors (Lipinski definition) is 1. The van der Waals surface area contributed by atoms with Crippen LogP contribution >= 0.6 is 11.6 Å². The number of hydrogen-bond acceptors (Lipinski definition) is 4. The lowest BCUT2D eigenvalue weighted by Gasteiger charge is -2.24. The summed E-state index contributed by atoms with van der Waals surface area (Å²) in [5, 5.41) is 0.227. The summed E-state index contributed by atoms with van der Waals surface area (Å²) >= 11 is 6.25. The SMILES string of the molecule is CCN(CC1CCOC1)C(=O)c1cc(S(=O)(=O)Nc2cccc(C)c2)ccc1Cl. The standard InChI is InChI=1S/C21H25ClN2O4S/c1-3-24(13-16-9-10-28-14-16)21(25)19-12-18(7-8-20(19)22)29(26,27)23-17-6-4-5-15(2)11-17/h4-8,11-12,16,23H,3,9-10,13-14H2,1-2H3. The smallest absolute Gasteiger partial charge is 0.261 e. The number of sulfonamides is 1. The molecule has 1 atom stereocenters. The zero-order valence-corrected chi connectivity index (χ0v) is 18.1. The minimum atomic E-state index is -3.86. The van der Waals surface area contributed by atoms with Gasteiger partial charge in [-0.15, -0.1) is 0 Å². The molecule has 1 saturated heterocycles. The molecular formula is C21H25ClN2O4S. The van der Waals surface area contributed by atoms with Crippen LogP contribution in [0.25, 0.3) is 0 Å². The lowest BCUT2D eigenvalue weighted by molar-refractivity contribution is 0.0730. The molecular weight excluding hydrogens is 412 g/mol. The van der Waals surface area contributed by atoms with Gasteiger partial charge in [0, 0.05) is 31.3 Å². The van der Waals surface area contributed by atoms with Crippen molar-refractivity contribution in [2.45, 2.75) is 25.2 Å². The van der Waals surface area contributed by atoms with Crippen molar-refractivity contribution >= 4 is 33.2 Å². The highest BCUT2D eigenvalue weighted by Crippen LogP contribution is 2.25. The van der Waals surface area contributed by atoms with E-state index in [0.717, 1.165) is 12.0 Å². The first-order valence-electron chi connectivity index (χ1n) is 9.56. The molecule has 0 spiro atoms. The predicted octanol–water partition coefficient (Wildman–Crippen LogP) is 3.95. The van der Waals surface area contributed by atoms with E-state index < -0.39 is 10.0 Å². The average molecular weight is 437 g/mol. The summed E-state index contributed by atoms with van der Waals surface area (Å²) in [4.78, 5) is 14.7. The highest BCUT2D eigenvalue weighted by atomic mass is 35.5. The molecule has 3 rings (SSSR count). The number of anilines is 1. The molecule has 1 unspecified atom stereocenters. The molecule has 0 radical (unpaired) electrons. The Balaban J connectivity index is 1.85. The Morgan fingerprint density at radius 1 is 1.28 bits per heavy atom. The van der Waals surface area contributed by atoms with E-state index in [2.05, 4.69) is 4.72 Å². The second kappa shape index (κ2) is 9.15. The fourth-order valence-corrected chi connectivity index (χ4v) is 4.60. The Morgan fingerprint density at radius 3 is 2.72 bits per heavy atom. The van der Waals surface area contributed by atoms with E-state index in [1.54, 1.807) is 23.1 Å². The van der Waals surface area contributed by atoms with Crippen LogP contribution in [-0.2, 0) is 14.8 Å². The number of rotatable bonds is 7. The Kier molecular flexibility index (Phi) is 6.82. The van der Waals surface area contributed by atoms with Crippen LogP contribution in [0.1, 0.15) is 29.3 Å². The van der Waals surface area contributed by atoms with E-state index in [-0.39, 0.29) is 27.3 Å². The third-order valence-electron chi connectivity index (χ3n) is 4.92. The molecule has 1 amide bonds. The van der Waals surface area contributed by atoms with Gasteiger partial charge in [0.2, 0.25) is 0 Å². The highest BCUT2D eigenvalue weighted by Gasteiger charge is 2.25. The number of nitrogens with zero attached hydrogens (tertiary/aromatic N) is 1. The van der Waals surface area contributed by atoms with Gasteiger partial charge < -0.3 is 9.64 Å². The fourth-order valence-electron chi connectivity index (χ4n) is 3.32. The van der Waals surface area contributed by atoms with Gasteiger partial charge >= 0.3 is 0 Å². The first-order valence-corrected chi connectivity index (χ1v) is 11.4. The van der Waals surface area contributed by atoms with Crippen molar-refractivity contribution in [1.82, 2.24) is 4.90 Å².